The Bertz CT molecular complexity index is 1530. The van der Waals surface area contributed by atoms with Gasteiger partial charge in [-0.2, -0.15) is 11.8 Å². The second kappa shape index (κ2) is 13.9. The maximum absolute atomic E-state index is 13.7. The number of fused-ring (bicyclic) bond motifs is 3. The quantitative estimate of drug-likeness (QED) is 0.280. The largest absolute Gasteiger partial charge is 0.493 e. The van der Waals surface area contributed by atoms with Crippen LogP contribution < -0.4 is 35.6 Å². The minimum Gasteiger partial charge on any atom is -0.493 e. The van der Waals surface area contributed by atoms with Crippen LogP contribution in [0.3, 0.4) is 0 Å². The van der Waals surface area contributed by atoms with Gasteiger partial charge in [0, 0.05) is 17.9 Å². The first kappa shape index (κ1) is 31.2. The molecule has 2 atom stereocenters. The number of rotatable bonds is 11. The van der Waals surface area contributed by atoms with E-state index in [4.69, 9.17) is 14.2 Å². The standard InChI is InChI=1S/C30H36N4O6S2/c1-16-15-42-30(31-16)34-29(37)23(11-12-41-6)33-22-10-8-19-20(14-24(22)36)21(32-17(2)35)9-7-18-13-25(38-3)27(39-4)28(40-5)26(18)19/h8,10,13-15,21,23H,7,9,11-12H2,1-6H3,(H,32,35)(H,33,36)(H,31,34,37)/t21-,23-/m1/s1. The number of aryl methyl sites for hydroxylation is 2. The molecule has 1 aromatic heterocycles. The highest BCUT2D eigenvalue weighted by atomic mass is 32.2. The van der Waals surface area contributed by atoms with Crippen LogP contribution in [0, 0.1) is 6.92 Å². The van der Waals surface area contributed by atoms with Gasteiger partial charge in [0.2, 0.25) is 23.0 Å². The number of thioether (sulfide) groups is 1. The smallest absolute Gasteiger partial charge is 0.248 e. The van der Waals surface area contributed by atoms with Crippen LogP contribution in [-0.2, 0) is 16.0 Å². The molecular formula is C30H36N4O6S2. The van der Waals surface area contributed by atoms with Gasteiger partial charge in [-0.1, -0.05) is 6.07 Å². The van der Waals surface area contributed by atoms with Gasteiger partial charge in [-0.25, -0.2) is 4.98 Å². The molecule has 0 fully saturated rings. The Morgan fingerprint density at radius 1 is 1.14 bits per heavy atom. The Hall–Kier alpha value is -3.77. The number of methoxy groups -OCH3 is 3. The van der Waals surface area contributed by atoms with E-state index in [0.29, 0.717) is 58.5 Å². The number of nitrogens with zero attached hydrogens (tertiary/aromatic N) is 1. The summed E-state index contributed by atoms with van der Waals surface area (Å²) in [4.78, 5) is 43.5. The monoisotopic (exact) mass is 612 g/mol. The fourth-order valence-electron chi connectivity index (χ4n) is 5.12. The first-order valence-corrected chi connectivity index (χ1v) is 15.7. The average molecular weight is 613 g/mol. The summed E-state index contributed by atoms with van der Waals surface area (Å²) in [5.41, 5.74) is 3.84. The van der Waals surface area contributed by atoms with Gasteiger partial charge < -0.3 is 30.2 Å². The fraction of sp³-hybridized carbons (Fsp3) is 0.400. The van der Waals surface area contributed by atoms with Crippen molar-refractivity contribution < 1.29 is 23.8 Å². The molecule has 0 aliphatic heterocycles. The number of anilines is 2. The summed E-state index contributed by atoms with van der Waals surface area (Å²) in [6.45, 7) is 3.32. The second-order valence-corrected chi connectivity index (χ2v) is 11.7. The minimum atomic E-state index is -0.672. The van der Waals surface area contributed by atoms with E-state index in [1.807, 2.05) is 30.7 Å². The van der Waals surface area contributed by atoms with Gasteiger partial charge in [0.25, 0.3) is 0 Å². The van der Waals surface area contributed by atoms with E-state index in [1.165, 1.54) is 24.3 Å². The lowest BCUT2D eigenvalue weighted by atomic mass is 9.95. The molecular weight excluding hydrogens is 576 g/mol. The van der Waals surface area contributed by atoms with Crippen molar-refractivity contribution in [2.45, 2.75) is 45.2 Å². The predicted molar refractivity (Wildman–Crippen MR) is 169 cm³/mol. The van der Waals surface area contributed by atoms with E-state index in [2.05, 4.69) is 20.9 Å². The number of hydrogen-bond donors (Lipinski definition) is 3. The van der Waals surface area contributed by atoms with Crippen LogP contribution in [0.1, 0.15) is 42.6 Å². The second-order valence-electron chi connectivity index (χ2n) is 9.86. The molecule has 0 spiro atoms. The summed E-state index contributed by atoms with van der Waals surface area (Å²) >= 11 is 2.96. The van der Waals surface area contributed by atoms with Crippen LogP contribution in [0.25, 0.3) is 11.1 Å². The number of hydrogen-bond acceptors (Lipinski definition) is 10. The highest BCUT2D eigenvalue weighted by Crippen LogP contribution is 2.50. The van der Waals surface area contributed by atoms with Gasteiger partial charge in [-0.3, -0.25) is 14.4 Å². The molecule has 0 saturated heterocycles. The number of aromatic nitrogens is 1. The summed E-state index contributed by atoms with van der Waals surface area (Å²) in [7, 11) is 4.66. The van der Waals surface area contributed by atoms with Crippen molar-refractivity contribution in [3.05, 3.63) is 56.7 Å². The molecule has 1 aliphatic rings. The third-order valence-electron chi connectivity index (χ3n) is 7.02. The Balaban J connectivity index is 1.84. The number of nitrogens with one attached hydrogen (secondary N) is 3. The maximum atomic E-state index is 13.7. The normalized spacial score (nSPS) is 14.5. The Morgan fingerprint density at radius 2 is 1.90 bits per heavy atom. The van der Waals surface area contributed by atoms with Gasteiger partial charge >= 0.3 is 0 Å². The summed E-state index contributed by atoms with van der Waals surface area (Å²) in [5.74, 6) is 1.66. The third kappa shape index (κ3) is 6.81. The molecule has 0 unspecified atom stereocenters. The zero-order valence-electron chi connectivity index (χ0n) is 24.6. The molecule has 12 heteroatoms. The van der Waals surface area contributed by atoms with Gasteiger partial charge in [0.15, 0.2) is 16.6 Å². The molecule has 3 aromatic rings. The van der Waals surface area contributed by atoms with Crippen LogP contribution in [0.2, 0.25) is 0 Å². The van der Waals surface area contributed by atoms with Crippen LogP contribution in [0.15, 0.2) is 34.4 Å². The van der Waals surface area contributed by atoms with E-state index in [-0.39, 0.29) is 22.9 Å². The summed E-state index contributed by atoms with van der Waals surface area (Å²) in [6, 6.07) is 5.86. The molecule has 2 aromatic carbocycles. The summed E-state index contributed by atoms with van der Waals surface area (Å²) in [5, 5.41) is 11.4. The van der Waals surface area contributed by atoms with Gasteiger partial charge in [0.1, 0.15) is 6.04 Å². The maximum Gasteiger partial charge on any atom is 0.248 e. The predicted octanol–water partition coefficient (Wildman–Crippen LogP) is 4.80. The van der Waals surface area contributed by atoms with Crippen LogP contribution >= 0.6 is 23.1 Å². The molecule has 42 heavy (non-hydrogen) atoms. The Kier molecular flexibility index (Phi) is 10.3. The fourth-order valence-corrected chi connectivity index (χ4v) is 6.29. The third-order valence-corrected chi connectivity index (χ3v) is 8.54. The molecule has 3 N–H and O–H groups in total. The molecule has 0 bridgehead atoms. The lowest BCUT2D eigenvalue weighted by molar-refractivity contribution is -0.120. The lowest BCUT2D eigenvalue weighted by Gasteiger charge is -2.19. The van der Waals surface area contributed by atoms with Gasteiger partial charge in [-0.05, 0) is 73.1 Å². The number of amides is 2. The molecule has 2 amide bonds. The topological polar surface area (TPSA) is 128 Å². The zero-order valence-corrected chi connectivity index (χ0v) is 26.2. The molecule has 10 nitrogen and oxygen atoms in total. The van der Waals surface area contributed by atoms with Crippen molar-refractivity contribution in [2.75, 3.05) is 44.0 Å². The highest BCUT2D eigenvalue weighted by Gasteiger charge is 2.30. The Morgan fingerprint density at radius 3 is 2.52 bits per heavy atom. The van der Waals surface area contributed by atoms with E-state index in [1.54, 1.807) is 39.2 Å². The van der Waals surface area contributed by atoms with Crippen LogP contribution in [0.5, 0.6) is 17.2 Å². The number of carbonyl (C=O) groups excluding carboxylic acids is 2. The molecule has 1 aliphatic carbocycles. The highest BCUT2D eigenvalue weighted by molar-refractivity contribution is 7.98. The Labute approximate surface area is 253 Å². The van der Waals surface area contributed by atoms with E-state index in [9.17, 15) is 14.4 Å². The molecule has 0 saturated carbocycles. The molecule has 1 heterocycles. The molecule has 0 radical (unpaired) electrons. The number of benzene rings is 1. The number of ether oxygens (including phenoxy) is 3. The van der Waals surface area contributed by atoms with Crippen molar-refractivity contribution in [3.63, 3.8) is 0 Å². The van der Waals surface area contributed by atoms with E-state index in [0.717, 1.165) is 16.8 Å². The zero-order chi connectivity index (χ0) is 30.4. The van der Waals surface area contributed by atoms with Crippen LogP contribution in [0.4, 0.5) is 10.8 Å². The van der Waals surface area contributed by atoms with E-state index >= 15 is 0 Å². The molecule has 224 valence electrons. The van der Waals surface area contributed by atoms with Crippen molar-refractivity contribution in [1.29, 1.82) is 0 Å². The summed E-state index contributed by atoms with van der Waals surface area (Å²) < 4.78 is 17.1. The van der Waals surface area contributed by atoms with Gasteiger partial charge in [0.05, 0.1) is 38.8 Å². The number of carbonyl (C=O) groups is 2. The van der Waals surface area contributed by atoms with Crippen LogP contribution in [-0.4, -0.2) is 56.2 Å². The number of thiazole rings is 1. The van der Waals surface area contributed by atoms with Crippen molar-refractivity contribution >= 4 is 45.7 Å². The van der Waals surface area contributed by atoms with Crippen molar-refractivity contribution in [1.82, 2.24) is 10.3 Å². The SMILES string of the molecule is COc1cc2c(c(OC)c1OC)-c1ccc(N[C@H](CCSC)C(=O)Nc3nc(C)cs3)c(=O)cc1[C@H](NC(C)=O)CC2. The average Bonchev–Trinajstić information content (AvgIpc) is 3.23. The van der Waals surface area contributed by atoms with Gasteiger partial charge in [-0.15, -0.1) is 11.3 Å². The minimum absolute atomic E-state index is 0.206. The van der Waals surface area contributed by atoms with Crippen molar-refractivity contribution in [3.8, 4) is 28.4 Å². The molecule has 4 rings (SSSR count). The van der Waals surface area contributed by atoms with Crippen molar-refractivity contribution in [2.24, 2.45) is 0 Å². The first-order chi connectivity index (χ1) is 20.2. The lowest BCUT2D eigenvalue weighted by Crippen LogP contribution is -2.36. The van der Waals surface area contributed by atoms with E-state index < -0.39 is 12.1 Å². The first-order valence-electron chi connectivity index (χ1n) is 13.5. The summed E-state index contributed by atoms with van der Waals surface area (Å²) in [6.07, 6.45) is 3.61.